The lowest BCUT2D eigenvalue weighted by atomic mass is 10.1. The topological polar surface area (TPSA) is 87.0 Å². The highest BCUT2D eigenvalue weighted by Crippen LogP contribution is 2.29. The maximum absolute atomic E-state index is 12.9. The smallest absolute Gasteiger partial charge is 0.269 e. The van der Waals surface area contributed by atoms with Crippen molar-refractivity contribution < 1.29 is 14.5 Å². The Morgan fingerprint density at radius 1 is 0.966 bits per heavy atom. The molecule has 2 amide bonds. The van der Waals surface area contributed by atoms with Crippen LogP contribution in [-0.4, -0.2) is 54.4 Å². The van der Waals surface area contributed by atoms with Crippen molar-refractivity contribution in [2.45, 2.75) is 13.3 Å². The minimum Gasteiger partial charge on any atom is -0.368 e. The van der Waals surface area contributed by atoms with E-state index in [1.807, 2.05) is 17.0 Å². The number of piperazine rings is 1. The zero-order valence-electron chi connectivity index (χ0n) is 16.2. The van der Waals surface area contributed by atoms with Crippen molar-refractivity contribution in [2.75, 3.05) is 42.5 Å². The molecule has 2 heterocycles. The summed E-state index contributed by atoms with van der Waals surface area (Å²) in [5.41, 5.74) is 3.58. The van der Waals surface area contributed by atoms with Crippen LogP contribution in [0.4, 0.5) is 17.1 Å². The van der Waals surface area contributed by atoms with Gasteiger partial charge in [0.2, 0.25) is 5.91 Å². The lowest BCUT2D eigenvalue weighted by molar-refractivity contribution is -0.384. The van der Waals surface area contributed by atoms with Gasteiger partial charge in [-0.25, -0.2) is 0 Å². The molecule has 2 aromatic rings. The van der Waals surface area contributed by atoms with Gasteiger partial charge in [0.05, 0.1) is 4.92 Å². The van der Waals surface area contributed by atoms with Crippen LogP contribution in [0.2, 0.25) is 0 Å². The van der Waals surface area contributed by atoms with Crippen LogP contribution in [0, 0.1) is 10.1 Å². The SMILES string of the molecule is CC(=O)N1CCc2cc(C(=O)N3CCN(c4ccc([N+](=O)[O-])cc4)CC3)ccc21. The van der Waals surface area contributed by atoms with Crippen LogP contribution < -0.4 is 9.80 Å². The zero-order chi connectivity index (χ0) is 20.5. The van der Waals surface area contributed by atoms with E-state index in [4.69, 9.17) is 0 Å². The molecule has 1 saturated heterocycles. The summed E-state index contributed by atoms with van der Waals surface area (Å²) in [6.45, 7) is 4.74. The molecule has 0 spiro atoms. The summed E-state index contributed by atoms with van der Waals surface area (Å²) >= 11 is 0. The molecule has 0 aliphatic carbocycles. The summed E-state index contributed by atoms with van der Waals surface area (Å²) < 4.78 is 0. The largest absolute Gasteiger partial charge is 0.368 e. The van der Waals surface area contributed by atoms with Gasteiger partial charge in [-0.2, -0.15) is 0 Å². The van der Waals surface area contributed by atoms with Crippen molar-refractivity contribution in [1.82, 2.24) is 4.90 Å². The number of anilines is 2. The third-order valence-electron chi connectivity index (χ3n) is 5.59. The number of benzene rings is 2. The fourth-order valence-electron chi connectivity index (χ4n) is 4.00. The van der Waals surface area contributed by atoms with E-state index >= 15 is 0 Å². The molecule has 0 aromatic heterocycles. The number of hydrogen-bond acceptors (Lipinski definition) is 5. The lowest BCUT2D eigenvalue weighted by Gasteiger charge is -2.36. The van der Waals surface area contributed by atoms with Gasteiger partial charge < -0.3 is 14.7 Å². The molecular formula is C21H22N4O4. The molecule has 1 fully saturated rings. The summed E-state index contributed by atoms with van der Waals surface area (Å²) in [6.07, 6.45) is 0.768. The van der Waals surface area contributed by atoms with Crippen molar-refractivity contribution in [1.29, 1.82) is 0 Å². The number of fused-ring (bicyclic) bond motifs is 1. The molecular weight excluding hydrogens is 372 g/mol. The van der Waals surface area contributed by atoms with Gasteiger partial charge in [-0.05, 0) is 42.3 Å². The van der Waals surface area contributed by atoms with E-state index < -0.39 is 4.92 Å². The molecule has 0 unspecified atom stereocenters. The molecule has 8 nitrogen and oxygen atoms in total. The molecule has 2 aromatic carbocycles. The number of carbonyl (C=O) groups excluding carboxylic acids is 2. The number of nitro groups is 1. The van der Waals surface area contributed by atoms with Gasteiger partial charge in [-0.1, -0.05) is 0 Å². The molecule has 2 aliphatic heterocycles. The number of amides is 2. The molecule has 0 N–H and O–H groups in total. The number of non-ortho nitro benzene ring substituents is 1. The van der Waals surface area contributed by atoms with E-state index in [0.717, 1.165) is 23.4 Å². The molecule has 150 valence electrons. The Balaban J connectivity index is 1.40. The second kappa shape index (κ2) is 7.54. The Bertz CT molecular complexity index is 965. The summed E-state index contributed by atoms with van der Waals surface area (Å²) in [4.78, 5) is 40.7. The van der Waals surface area contributed by atoms with E-state index in [1.165, 1.54) is 12.1 Å². The van der Waals surface area contributed by atoms with Crippen molar-refractivity contribution >= 4 is 28.9 Å². The predicted octanol–water partition coefficient (Wildman–Crippen LogP) is 2.47. The van der Waals surface area contributed by atoms with Crippen molar-refractivity contribution in [3.8, 4) is 0 Å². The number of carbonyl (C=O) groups is 2. The Hall–Kier alpha value is -3.42. The average Bonchev–Trinajstić information content (AvgIpc) is 3.17. The minimum atomic E-state index is -0.410. The second-order valence-corrected chi connectivity index (χ2v) is 7.32. The first kappa shape index (κ1) is 18.9. The van der Waals surface area contributed by atoms with Crippen LogP contribution in [0.5, 0.6) is 0 Å². The van der Waals surface area contributed by atoms with E-state index in [2.05, 4.69) is 4.90 Å². The van der Waals surface area contributed by atoms with E-state index in [9.17, 15) is 19.7 Å². The Morgan fingerprint density at radius 3 is 2.28 bits per heavy atom. The molecule has 8 heteroatoms. The number of hydrogen-bond donors (Lipinski definition) is 0. The molecule has 0 saturated carbocycles. The van der Waals surface area contributed by atoms with Crippen molar-refractivity contribution in [3.05, 3.63) is 63.7 Å². The first-order chi connectivity index (χ1) is 13.9. The van der Waals surface area contributed by atoms with Gasteiger partial charge in [-0.3, -0.25) is 19.7 Å². The normalized spacial score (nSPS) is 16.0. The van der Waals surface area contributed by atoms with Crippen LogP contribution in [0.1, 0.15) is 22.8 Å². The molecule has 0 atom stereocenters. The molecule has 4 rings (SSSR count). The highest BCUT2D eigenvalue weighted by atomic mass is 16.6. The van der Waals surface area contributed by atoms with Crippen molar-refractivity contribution in [2.24, 2.45) is 0 Å². The fourth-order valence-corrected chi connectivity index (χ4v) is 4.00. The van der Waals surface area contributed by atoms with Gasteiger partial charge in [0.25, 0.3) is 11.6 Å². The second-order valence-electron chi connectivity index (χ2n) is 7.32. The summed E-state index contributed by atoms with van der Waals surface area (Å²) in [5.74, 6) is 0.0163. The Labute approximate surface area is 168 Å². The first-order valence-electron chi connectivity index (χ1n) is 9.64. The zero-order valence-corrected chi connectivity index (χ0v) is 16.2. The fraction of sp³-hybridized carbons (Fsp3) is 0.333. The van der Waals surface area contributed by atoms with Crippen LogP contribution in [-0.2, 0) is 11.2 Å². The maximum atomic E-state index is 12.9. The quantitative estimate of drug-likeness (QED) is 0.590. The Morgan fingerprint density at radius 2 is 1.66 bits per heavy atom. The Kier molecular flexibility index (Phi) is 4.92. The standard InChI is InChI=1S/C21H22N4O4/c1-15(26)24-9-8-16-14-17(2-7-20(16)24)21(27)23-12-10-22(11-13-23)18-3-5-19(6-4-18)25(28)29/h2-7,14H,8-13H2,1H3. The van der Waals surface area contributed by atoms with E-state index in [1.54, 1.807) is 30.0 Å². The number of rotatable bonds is 3. The monoisotopic (exact) mass is 394 g/mol. The third kappa shape index (κ3) is 3.65. The molecule has 2 aliphatic rings. The number of nitrogens with zero attached hydrogens (tertiary/aromatic N) is 4. The average molecular weight is 394 g/mol. The van der Waals surface area contributed by atoms with E-state index in [0.29, 0.717) is 38.3 Å². The minimum absolute atomic E-state index is 0.00238. The van der Waals surface area contributed by atoms with Gasteiger partial charge in [0, 0.05) is 68.7 Å². The van der Waals surface area contributed by atoms with Gasteiger partial charge in [0.1, 0.15) is 0 Å². The first-order valence-corrected chi connectivity index (χ1v) is 9.64. The van der Waals surface area contributed by atoms with Crippen LogP contribution >= 0.6 is 0 Å². The van der Waals surface area contributed by atoms with Crippen LogP contribution in [0.3, 0.4) is 0 Å². The predicted molar refractivity (Wildman–Crippen MR) is 109 cm³/mol. The van der Waals surface area contributed by atoms with Gasteiger partial charge in [0.15, 0.2) is 0 Å². The van der Waals surface area contributed by atoms with Crippen LogP contribution in [0.25, 0.3) is 0 Å². The number of nitro benzene ring substituents is 1. The summed E-state index contributed by atoms with van der Waals surface area (Å²) in [6, 6.07) is 12.1. The summed E-state index contributed by atoms with van der Waals surface area (Å²) in [5, 5.41) is 10.8. The van der Waals surface area contributed by atoms with Gasteiger partial charge >= 0.3 is 0 Å². The molecule has 0 radical (unpaired) electrons. The molecule has 0 bridgehead atoms. The van der Waals surface area contributed by atoms with Gasteiger partial charge in [-0.15, -0.1) is 0 Å². The summed E-state index contributed by atoms with van der Waals surface area (Å²) in [7, 11) is 0. The third-order valence-corrected chi connectivity index (χ3v) is 5.59. The highest BCUT2D eigenvalue weighted by molar-refractivity contribution is 5.98. The lowest BCUT2D eigenvalue weighted by Crippen LogP contribution is -2.48. The van der Waals surface area contributed by atoms with Crippen molar-refractivity contribution in [3.63, 3.8) is 0 Å². The van der Waals surface area contributed by atoms with Crippen LogP contribution in [0.15, 0.2) is 42.5 Å². The molecule has 29 heavy (non-hydrogen) atoms. The maximum Gasteiger partial charge on any atom is 0.269 e. The highest BCUT2D eigenvalue weighted by Gasteiger charge is 2.26. The van der Waals surface area contributed by atoms with E-state index in [-0.39, 0.29) is 17.5 Å².